The average molecular weight is 758 g/mol. The van der Waals surface area contributed by atoms with Gasteiger partial charge in [0.15, 0.2) is 15.3 Å². The second-order valence-corrected chi connectivity index (χ2v) is 15.8. The third-order valence-electron chi connectivity index (χ3n) is 8.51. The molecule has 1 saturated heterocycles. The lowest BCUT2D eigenvalue weighted by molar-refractivity contribution is -0.256. The predicted molar refractivity (Wildman–Crippen MR) is 197 cm³/mol. The van der Waals surface area contributed by atoms with E-state index < -0.39 is 43.8 Å². The summed E-state index contributed by atoms with van der Waals surface area (Å²) in [5, 5.41) is 0. The number of hydrogen-bond donors (Lipinski definition) is 0. The highest BCUT2D eigenvalue weighted by Crippen LogP contribution is 2.40. The molecule has 1 heterocycles. The first-order valence-electron chi connectivity index (χ1n) is 16.6. The largest absolute Gasteiger partial charge is 0.374 e. The molecule has 1 unspecified atom stereocenters. The standard InChI is InChI=1S/C41H41BrO7S/c42-40(35-24-14-5-15-25-35)50(43,44)41-39(48-29-34-22-12-4-13-23-34)38(47-28-33-20-10-3-11-21-33)37(46-27-32-18-8-2-9-19-32)36(49-41)30-45-26-31-16-6-1-7-17-31/h1-25,36-41H,26-30H2/t36-,37-,38+,39-,40?,41-/m1/s1. The van der Waals surface area contributed by atoms with Gasteiger partial charge in [-0.25, -0.2) is 8.42 Å². The fraction of sp³-hybridized carbons (Fsp3) is 0.268. The quantitative estimate of drug-likeness (QED) is 0.0940. The predicted octanol–water partition coefficient (Wildman–Crippen LogP) is 8.19. The lowest BCUT2D eigenvalue weighted by atomic mass is 9.98. The highest BCUT2D eigenvalue weighted by Gasteiger charge is 2.54. The molecular formula is C41H41BrO7S. The number of halogens is 1. The van der Waals surface area contributed by atoms with Crippen LogP contribution in [0.1, 0.15) is 32.0 Å². The van der Waals surface area contributed by atoms with Crippen molar-refractivity contribution in [3.05, 3.63) is 179 Å². The van der Waals surface area contributed by atoms with E-state index in [1.807, 2.05) is 140 Å². The summed E-state index contributed by atoms with van der Waals surface area (Å²) in [6.07, 6.45) is -3.46. The normalized spacial score (nSPS) is 21.4. The van der Waals surface area contributed by atoms with Gasteiger partial charge in [0.2, 0.25) is 0 Å². The van der Waals surface area contributed by atoms with Gasteiger partial charge in [0.25, 0.3) is 0 Å². The summed E-state index contributed by atoms with van der Waals surface area (Å²) in [5.74, 6) is 0. The Hall–Kier alpha value is -3.67. The zero-order valence-electron chi connectivity index (χ0n) is 27.6. The lowest BCUT2D eigenvalue weighted by Gasteiger charge is -2.46. The topological polar surface area (TPSA) is 80.3 Å². The first-order chi connectivity index (χ1) is 24.5. The second kappa shape index (κ2) is 18.0. The van der Waals surface area contributed by atoms with E-state index in [9.17, 15) is 8.42 Å². The molecule has 1 fully saturated rings. The van der Waals surface area contributed by atoms with Crippen molar-refractivity contribution >= 4 is 25.8 Å². The van der Waals surface area contributed by atoms with Crippen LogP contribution in [0.4, 0.5) is 0 Å². The van der Waals surface area contributed by atoms with Crippen LogP contribution in [0.2, 0.25) is 0 Å². The van der Waals surface area contributed by atoms with Crippen LogP contribution in [-0.4, -0.2) is 44.9 Å². The van der Waals surface area contributed by atoms with E-state index >= 15 is 0 Å². The van der Waals surface area contributed by atoms with Crippen molar-refractivity contribution < 1.29 is 32.1 Å². The van der Waals surface area contributed by atoms with Gasteiger partial charge in [-0.3, -0.25) is 0 Å². The van der Waals surface area contributed by atoms with Crippen LogP contribution < -0.4 is 0 Å². The van der Waals surface area contributed by atoms with Gasteiger partial charge in [0.05, 0.1) is 33.0 Å². The van der Waals surface area contributed by atoms with Gasteiger partial charge in [-0.2, -0.15) is 0 Å². The molecular weight excluding hydrogens is 716 g/mol. The van der Waals surface area contributed by atoms with Gasteiger partial charge in [-0.15, -0.1) is 0 Å². The van der Waals surface area contributed by atoms with Gasteiger partial charge in [-0.1, -0.05) is 168 Å². The summed E-state index contributed by atoms with van der Waals surface area (Å²) < 4.78 is 61.1. The Bertz CT molecular complexity index is 1810. The summed E-state index contributed by atoms with van der Waals surface area (Å²) in [4.78, 5) is 0. The van der Waals surface area contributed by atoms with E-state index in [4.69, 9.17) is 23.7 Å². The maximum Gasteiger partial charge on any atom is 0.196 e. The molecule has 0 aliphatic carbocycles. The summed E-state index contributed by atoms with van der Waals surface area (Å²) in [7, 11) is -4.11. The number of alkyl halides is 1. The van der Waals surface area contributed by atoms with Crippen LogP contribution in [0.5, 0.6) is 0 Å². The van der Waals surface area contributed by atoms with E-state index in [2.05, 4.69) is 15.9 Å². The molecule has 1 aliphatic heterocycles. The Labute approximate surface area is 303 Å². The average Bonchev–Trinajstić information content (AvgIpc) is 3.17. The summed E-state index contributed by atoms with van der Waals surface area (Å²) in [6, 6.07) is 48.1. The van der Waals surface area contributed by atoms with Gasteiger partial charge >= 0.3 is 0 Å². The van der Waals surface area contributed by atoms with E-state index in [1.165, 1.54) is 0 Å². The minimum absolute atomic E-state index is 0.0647. The van der Waals surface area contributed by atoms with Crippen molar-refractivity contribution in [3.8, 4) is 0 Å². The van der Waals surface area contributed by atoms with Crippen LogP contribution in [0, 0.1) is 0 Å². The SMILES string of the molecule is O=S(=O)(C(Br)c1ccccc1)[C@H]1O[C@H](COCc2ccccc2)[C@@H](OCc2ccccc2)[C@H](OCc2ccccc2)[C@H]1OCc1ccccc1. The highest BCUT2D eigenvalue weighted by atomic mass is 79.9. The maximum absolute atomic E-state index is 14.7. The molecule has 6 rings (SSSR count). The summed E-state index contributed by atoms with van der Waals surface area (Å²) in [5.41, 5.74) is 2.93. The zero-order chi connectivity index (χ0) is 34.6. The van der Waals surface area contributed by atoms with Gasteiger partial charge in [-0.05, 0) is 27.8 Å². The van der Waals surface area contributed by atoms with Crippen molar-refractivity contribution in [3.63, 3.8) is 0 Å². The molecule has 50 heavy (non-hydrogen) atoms. The number of hydrogen-bond acceptors (Lipinski definition) is 7. The first kappa shape index (κ1) is 36.1. The molecule has 7 nitrogen and oxygen atoms in total. The molecule has 0 saturated carbocycles. The molecule has 260 valence electrons. The van der Waals surface area contributed by atoms with Crippen LogP contribution >= 0.6 is 15.9 Å². The van der Waals surface area contributed by atoms with Gasteiger partial charge in [0, 0.05) is 0 Å². The van der Waals surface area contributed by atoms with Crippen LogP contribution in [0.15, 0.2) is 152 Å². The Morgan fingerprint density at radius 3 is 1.36 bits per heavy atom. The zero-order valence-corrected chi connectivity index (χ0v) is 30.0. The van der Waals surface area contributed by atoms with E-state index in [0.717, 1.165) is 22.3 Å². The smallest absolute Gasteiger partial charge is 0.196 e. The minimum Gasteiger partial charge on any atom is -0.374 e. The van der Waals surface area contributed by atoms with E-state index in [-0.39, 0.29) is 26.4 Å². The molecule has 6 atom stereocenters. The Morgan fingerprint density at radius 1 is 0.520 bits per heavy atom. The summed E-state index contributed by atoms with van der Waals surface area (Å²) >= 11 is 3.52. The molecule has 0 N–H and O–H groups in total. The van der Waals surface area contributed by atoms with Crippen molar-refractivity contribution in [1.82, 2.24) is 0 Å². The van der Waals surface area contributed by atoms with Gasteiger partial charge < -0.3 is 23.7 Å². The monoisotopic (exact) mass is 756 g/mol. The first-order valence-corrected chi connectivity index (χ1v) is 19.2. The maximum atomic E-state index is 14.7. The second-order valence-electron chi connectivity index (χ2n) is 12.1. The fourth-order valence-electron chi connectivity index (χ4n) is 5.92. The van der Waals surface area contributed by atoms with Crippen molar-refractivity contribution in [1.29, 1.82) is 0 Å². The Balaban J connectivity index is 1.38. The van der Waals surface area contributed by atoms with Crippen molar-refractivity contribution in [2.24, 2.45) is 0 Å². The lowest BCUT2D eigenvalue weighted by Crippen LogP contribution is -2.63. The highest BCUT2D eigenvalue weighted by molar-refractivity contribution is 9.10. The third kappa shape index (κ3) is 9.56. The van der Waals surface area contributed by atoms with E-state index in [0.29, 0.717) is 12.2 Å². The molecule has 9 heteroatoms. The van der Waals surface area contributed by atoms with Crippen molar-refractivity contribution in [2.75, 3.05) is 6.61 Å². The van der Waals surface area contributed by atoms with Crippen LogP contribution in [-0.2, 0) is 59.9 Å². The number of rotatable bonds is 16. The summed E-state index contributed by atoms with van der Waals surface area (Å²) in [6.45, 7) is 0.990. The van der Waals surface area contributed by atoms with Crippen molar-refractivity contribution in [2.45, 2.75) is 60.4 Å². The number of sulfone groups is 1. The van der Waals surface area contributed by atoms with Crippen LogP contribution in [0.3, 0.4) is 0 Å². The van der Waals surface area contributed by atoms with Crippen LogP contribution in [0.25, 0.3) is 0 Å². The molecule has 0 spiro atoms. The third-order valence-corrected chi connectivity index (χ3v) is 12.5. The molecule has 0 radical (unpaired) electrons. The molecule has 0 bridgehead atoms. The fourth-order valence-corrected chi connectivity index (χ4v) is 8.54. The minimum atomic E-state index is -4.11. The Morgan fingerprint density at radius 2 is 0.900 bits per heavy atom. The molecule has 1 aliphatic rings. The Kier molecular flexibility index (Phi) is 13.0. The van der Waals surface area contributed by atoms with E-state index in [1.54, 1.807) is 12.1 Å². The number of ether oxygens (including phenoxy) is 5. The molecule has 5 aromatic carbocycles. The van der Waals surface area contributed by atoms with Gasteiger partial charge in [0.1, 0.15) is 28.6 Å². The molecule has 0 aromatic heterocycles. The molecule has 5 aromatic rings. The number of benzene rings is 5. The molecule has 0 amide bonds.